The zero-order valence-electron chi connectivity index (χ0n) is 22.2. The van der Waals surface area contributed by atoms with E-state index in [1.807, 2.05) is 88.4 Å². The molecule has 2 rings (SSSR count). The number of hydrogen-bond donors (Lipinski definition) is 2. The summed E-state index contributed by atoms with van der Waals surface area (Å²) < 4.78 is 5.24. The first-order valence-corrected chi connectivity index (χ1v) is 13.7. The molecular formula is C29H38N4O3S. The van der Waals surface area contributed by atoms with Gasteiger partial charge in [0.15, 0.2) is 0 Å². The first-order chi connectivity index (χ1) is 17.7. The Morgan fingerprint density at radius 2 is 1.73 bits per heavy atom. The first-order valence-electron chi connectivity index (χ1n) is 12.5. The summed E-state index contributed by atoms with van der Waals surface area (Å²) in [7, 11) is 0. The van der Waals surface area contributed by atoms with Crippen molar-refractivity contribution >= 4 is 29.6 Å². The molecule has 0 aliphatic heterocycles. The molecule has 0 saturated heterocycles. The van der Waals surface area contributed by atoms with Gasteiger partial charge in [0.25, 0.3) is 0 Å². The Bertz CT molecular complexity index is 1050. The third-order valence-electron chi connectivity index (χ3n) is 5.40. The summed E-state index contributed by atoms with van der Waals surface area (Å²) in [6.45, 7) is 8.69. The molecule has 2 aromatic carbocycles. The third-order valence-corrected chi connectivity index (χ3v) is 6.51. The number of ether oxygens (including phenoxy) is 1. The predicted molar refractivity (Wildman–Crippen MR) is 150 cm³/mol. The van der Waals surface area contributed by atoms with Crippen LogP contribution in [0.15, 0.2) is 65.7 Å². The summed E-state index contributed by atoms with van der Waals surface area (Å²) in [5.74, 6) is 1.84. The van der Waals surface area contributed by atoms with Gasteiger partial charge < -0.3 is 10.1 Å². The van der Waals surface area contributed by atoms with E-state index in [0.717, 1.165) is 11.3 Å². The minimum Gasteiger partial charge on any atom is -0.449 e. The predicted octanol–water partition coefficient (Wildman–Crippen LogP) is 5.56. The van der Waals surface area contributed by atoms with Crippen LogP contribution in [0.25, 0.3) is 0 Å². The molecule has 198 valence electrons. The summed E-state index contributed by atoms with van der Waals surface area (Å²) >= 11 is 1.62. The summed E-state index contributed by atoms with van der Waals surface area (Å²) in [4.78, 5) is 29.5. The number of carbonyl (C=O) groups excluding carboxylic acids is 2. The van der Waals surface area contributed by atoms with Crippen LogP contribution in [0.3, 0.4) is 0 Å². The van der Waals surface area contributed by atoms with Crippen molar-refractivity contribution in [2.75, 3.05) is 18.9 Å². The number of rotatable bonds is 13. The smallest absolute Gasteiger partial charge is 0.412 e. The van der Waals surface area contributed by atoms with Gasteiger partial charge in [-0.3, -0.25) is 15.1 Å². The van der Waals surface area contributed by atoms with Gasteiger partial charge in [-0.25, -0.2) is 4.79 Å². The number of alkyl carbamates (subject to hydrolysis) is 1. The number of hydrogen-bond acceptors (Lipinski definition) is 6. The SMILES string of the molecule is CC(C)COC(=O)NC(=NCCC(C)(C)CC(=O)NC(C#N)CSCc1ccccc1)c1ccccc1. The van der Waals surface area contributed by atoms with Gasteiger partial charge >= 0.3 is 6.09 Å². The Morgan fingerprint density at radius 1 is 1.08 bits per heavy atom. The molecule has 0 bridgehead atoms. The zero-order chi connectivity index (χ0) is 27.1. The van der Waals surface area contributed by atoms with E-state index in [2.05, 4.69) is 21.7 Å². The number of nitriles is 1. The number of thioether (sulfide) groups is 1. The van der Waals surface area contributed by atoms with E-state index in [-0.39, 0.29) is 23.7 Å². The van der Waals surface area contributed by atoms with Crippen molar-refractivity contribution in [1.82, 2.24) is 10.6 Å². The molecule has 2 aromatic rings. The lowest BCUT2D eigenvalue weighted by molar-refractivity contribution is -0.123. The quantitative estimate of drug-likeness (QED) is 0.265. The molecule has 37 heavy (non-hydrogen) atoms. The lowest BCUT2D eigenvalue weighted by Gasteiger charge is -2.24. The molecule has 2 amide bonds. The molecule has 1 unspecified atom stereocenters. The molecule has 0 heterocycles. The van der Waals surface area contributed by atoms with Crippen LogP contribution in [0, 0.1) is 22.7 Å². The summed E-state index contributed by atoms with van der Waals surface area (Å²) in [5, 5.41) is 15.1. The Balaban J connectivity index is 1.87. The van der Waals surface area contributed by atoms with Gasteiger partial charge in [0, 0.05) is 30.0 Å². The van der Waals surface area contributed by atoms with Gasteiger partial charge in [0.1, 0.15) is 11.9 Å². The van der Waals surface area contributed by atoms with Gasteiger partial charge in [-0.2, -0.15) is 17.0 Å². The summed E-state index contributed by atoms with van der Waals surface area (Å²) in [5.41, 5.74) is 1.63. The largest absolute Gasteiger partial charge is 0.449 e. The number of nitrogens with zero attached hydrogens (tertiary/aromatic N) is 2. The van der Waals surface area contributed by atoms with Crippen LogP contribution in [-0.2, 0) is 15.3 Å². The maximum absolute atomic E-state index is 12.7. The maximum Gasteiger partial charge on any atom is 0.412 e. The Hall–Kier alpha value is -3.31. The topological polar surface area (TPSA) is 104 Å². The van der Waals surface area contributed by atoms with Crippen LogP contribution in [0.1, 0.15) is 51.7 Å². The van der Waals surface area contributed by atoms with Gasteiger partial charge in [0.2, 0.25) is 5.91 Å². The van der Waals surface area contributed by atoms with Crippen LogP contribution < -0.4 is 10.6 Å². The normalized spacial score (nSPS) is 12.5. The van der Waals surface area contributed by atoms with E-state index >= 15 is 0 Å². The summed E-state index contributed by atoms with van der Waals surface area (Å²) in [6, 6.07) is 21.1. The second-order valence-corrected chi connectivity index (χ2v) is 11.1. The van der Waals surface area contributed by atoms with Crippen LogP contribution in [-0.4, -0.2) is 42.8 Å². The van der Waals surface area contributed by atoms with Gasteiger partial charge in [0.05, 0.1) is 12.7 Å². The fourth-order valence-corrected chi connectivity index (χ4v) is 4.33. The van der Waals surface area contributed by atoms with Gasteiger partial charge in [-0.05, 0) is 23.3 Å². The molecule has 8 heteroatoms. The molecule has 0 radical (unpaired) electrons. The Morgan fingerprint density at radius 3 is 2.35 bits per heavy atom. The van der Waals surface area contributed by atoms with Gasteiger partial charge in [-0.1, -0.05) is 88.4 Å². The average Bonchev–Trinajstić information content (AvgIpc) is 2.87. The molecule has 0 fully saturated rings. The molecule has 7 nitrogen and oxygen atoms in total. The maximum atomic E-state index is 12.7. The molecule has 0 saturated carbocycles. The van der Waals surface area contributed by atoms with E-state index < -0.39 is 12.1 Å². The van der Waals surface area contributed by atoms with Crippen molar-refractivity contribution in [3.63, 3.8) is 0 Å². The average molecular weight is 523 g/mol. The fourth-order valence-electron chi connectivity index (χ4n) is 3.39. The minimum atomic E-state index is -0.541. The molecule has 0 aliphatic carbocycles. The number of nitrogens with one attached hydrogen (secondary N) is 2. The lowest BCUT2D eigenvalue weighted by Crippen LogP contribution is -2.38. The number of amides is 2. The van der Waals surface area contributed by atoms with E-state index in [9.17, 15) is 14.9 Å². The number of carbonyl (C=O) groups is 2. The van der Waals surface area contributed by atoms with Crippen molar-refractivity contribution in [1.29, 1.82) is 5.26 Å². The van der Waals surface area contributed by atoms with E-state index in [0.29, 0.717) is 31.2 Å². The van der Waals surface area contributed by atoms with E-state index in [1.54, 1.807) is 11.8 Å². The first kappa shape index (κ1) is 29.9. The van der Waals surface area contributed by atoms with Crippen molar-refractivity contribution in [2.45, 2.75) is 52.3 Å². The van der Waals surface area contributed by atoms with Crippen LogP contribution in [0.5, 0.6) is 0 Å². The van der Waals surface area contributed by atoms with Gasteiger partial charge in [-0.15, -0.1) is 0 Å². The summed E-state index contributed by atoms with van der Waals surface area (Å²) in [6.07, 6.45) is 0.358. The number of benzene rings is 2. The fraction of sp³-hybridized carbons (Fsp3) is 0.448. The monoisotopic (exact) mass is 522 g/mol. The zero-order valence-corrected chi connectivity index (χ0v) is 23.0. The van der Waals surface area contributed by atoms with E-state index in [4.69, 9.17) is 4.74 Å². The highest BCUT2D eigenvalue weighted by molar-refractivity contribution is 7.98. The highest BCUT2D eigenvalue weighted by Crippen LogP contribution is 2.25. The molecule has 0 aliphatic rings. The van der Waals surface area contributed by atoms with Crippen LogP contribution in [0.2, 0.25) is 0 Å². The number of amidine groups is 1. The third kappa shape index (κ3) is 12.5. The standard InChI is InChI=1S/C29H38N4O3S/c1-22(2)19-36-28(35)33-27(24-13-9-6-10-14-24)31-16-15-29(3,4)17-26(34)32-25(18-30)21-37-20-23-11-7-5-8-12-23/h5-14,22,25H,15-17,19-21H2,1-4H3,(H,32,34)(H,31,33,35). The molecule has 0 aromatic heterocycles. The van der Waals surface area contributed by atoms with Crippen molar-refractivity contribution in [3.8, 4) is 6.07 Å². The highest BCUT2D eigenvalue weighted by atomic mass is 32.2. The Kier molecular flexibility index (Phi) is 12.7. The van der Waals surface area contributed by atoms with Crippen LogP contribution in [0.4, 0.5) is 4.79 Å². The van der Waals surface area contributed by atoms with Crippen molar-refractivity contribution in [3.05, 3.63) is 71.8 Å². The molecule has 0 spiro atoms. The lowest BCUT2D eigenvalue weighted by atomic mass is 9.85. The van der Waals surface area contributed by atoms with Crippen molar-refractivity contribution in [2.24, 2.45) is 16.3 Å². The van der Waals surface area contributed by atoms with Crippen molar-refractivity contribution < 1.29 is 14.3 Å². The highest BCUT2D eigenvalue weighted by Gasteiger charge is 2.23. The Labute approximate surface area is 225 Å². The minimum absolute atomic E-state index is 0.153. The second-order valence-electron chi connectivity index (χ2n) is 10.1. The second kappa shape index (κ2) is 15.7. The molecule has 2 N–H and O–H groups in total. The molecular weight excluding hydrogens is 484 g/mol. The van der Waals surface area contributed by atoms with Crippen LogP contribution >= 0.6 is 11.8 Å². The number of aliphatic imine (C=N–C) groups is 1. The van der Waals surface area contributed by atoms with E-state index in [1.165, 1.54) is 5.56 Å². The molecule has 1 atom stereocenters.